The van der Waals surface area contributed by atoms with Crippen molar-refractivity contribution in [2.75, 3.05) is 19.8 Å². The Morgan fingerprint density at radius 2 is 1.96 bits per heavy atom. The summed E-state index contributed by atoms with van der Waals surface area (Å²) in [6.45, 7) is 5.62. The molecule has 1 spiro atoms. The topological polar surface area (TPSA) is 39.0 Å². The largest absolute Gasteiger partial charge is 0.486 e. The Morgan fingerprint density at radius 1 is 1.18 bits per heavy atom. The molecule has 5 nitrogen and oxygen atoms in total. The van der Waals surface area contributed by atoms with Crippen LogP contribution in [0, 0.1) is 0 Å². The molecular weight excluding hydrogens is 370 g/mol. The number of imidazole rings is 1. The van der Waals surface area contributed by atoms with Gasteiger partial charge in [-0.05, 0) is 43.0 Å². The van der Waals surface area contributed by atoms with Crippen LogP contribution < -0.4 is 9.47 Å². The van der Waals surface area contributed by atoms with E-state index in [-0.39, 0.29) is 5.41 Å². The Kier molecular flexibility index (Phi) is 3.75. The molecule has 0 bridgehead atoms. The molecule has 1 fully saturated rings. The first kappa shape index (κ1) is 16.9. The maximum absolute atomic E-state index is 5.92. The second-order valence-electron chi connectivity index (χ2n) is 8.48. The lowest BCUT2D eigenvalue weighted by Crippen LogP contribution is -2.45. The number of hydrogen-bond donors (Lipinski definition) is 0. The number of thiazole rings is 1. The zero-order valence-corrected chi connectivity index (χ0v) is 17.0. The summed E-state index contributed by atoms with van der Waals surface area (Å²) >= 11 is 1.70. The van der Waals surface area contributed by atoms with Crippen LogP contribution in [0.25, 0.3) is 4.96 Å². The van der Waals surface area contributed by atoms with E-state index < -0.39 is 0 Å². The maximum atomic E-state index is 5.92. The molecule has 1 atom stereocenters. The molecule has 0 N–H and O–H groups in total. The quantitative estimate of drug-likeness (QED) is 0.638. The Morgan fingerprint density at radius 3 is 2.75 bits per heavy atom. The van der Waals surface area contributed by atoms with Crippen LogP contribution in [-0.4, -0.2) is 34.0 Å². The lowest BCUT2D eigenvalue weighted by atomic mass is 9.71. The minimum Gasteiger partial charge on any atom is -0.486 e. The van der Waals surface area contributed by atoms with Crippen molar-refractivity contribution in [1.29, 1.82) is 0 Å². The second kappa shape index (κ2) is 6.22. The highest BCUT2D eigenvalue weighted by Gasteiger charge is 2.45. The van der Waals surface area contributed by atoms with E-state index in [1.54, 1.807) is 11.3 Å². The molecule has 28 heavy (non-hydrogen) atoms. The van der Waals surface area contributed by atoms with Crippen LogP contribution in [0.3, 0.4) is 0 Å². The van der Waals surface area contributed by atoms with Crippen LogP contribution in [0.4, 0.5) is 0 Å². The van der Waals surface area contributed by atoms with Gasteiger partial charge in [0.15, 0.2) is 16.5 Å². The van der Waals surface area contributed by atoms with Crippen molar-refractivity contribution in [1.82, 2.24) is 14.3 Å². The van der Waals surface area contributed by atoms with E-state index in [0.717, 1.165) is 35.2 Å². The highest BCUT2D eigenvalue weighted by Crippen LogP contribution is 2.52. The normalized spacial score (nSPS) is 23.4. The maximum Gasteiger partial charge on any atom is 0.193 e. The zero-order valence-electron chi connectivity index (χ0n) is 16.2. The average Bonchev–Trinajstić information content (AvgIpc) is 3.42. The minimum absolute atomic E-state index is 0.245. The van der Waals surface area contributed by atoms with Gasteiger partial charge in [-0.25, -0.2) is 4.98 Å². The van der Waals surface area contributed by atoms with Crippen LogP contribution in [0.2, 0.25) is 0 Å². The van der Waals surface area contributed by atoms with Gasteiger partial charge in [0.2, 0.25) is 0 Å². The molecule has 0 unspecified atom stereocenters. The molecule has 4 heterocycles. The van der Waals surface area contributed by atoms with Crippen molar-refractivity contribution in [3.63, 3.8) is 0 Å². The fourth-order valence-electron chi connectivity index (χ4n) is 5.45. The standard InChI is InChI=1S/C22H25N3O2S/c1-15-17-10-19-20(27-8-7-26-19)11-18(17)22(4-2-3-5-22)14-25(15)13-16-12-24-6-9-28-21(24)23-16/h6,9-12,15H,2-5,7-8,13-14H2,1H3/t15-/m0/s1. The second-order valence-corrected chi connectivity index (χ2v) is 9.35. The third kappa shape index (κ3) is 2.51. The molecular formula is C22H25N3O2S. The van der Waals surface area contributed by atoms with Gasteiger partial charge in [0.25, 0.3) is 0 Å². The summed E-state index contributed by atoms with van der Waals surface area (Å²) in [6.07, 6.45) is 9.43. The van der Waals surface area contributed by atoms with E-state index in [4.69, 9.17) is 14.5 Å². The molecule has 146 valence electrons. The molecule has 1 aliphatic carbocycles. The Hall–Kier alpha value is -2.05. The van der Waals surface area contributed by atoms with E-state index in [1.165, 1.54) is 36.8 Å². The molecule has 2 aliphatic heterocycles. The van der Waals surface area contributed by atoms with Gasteiger partial charge in [0.05, 0.1) is 5.69 Å². The number of benzene rings is 1. The Balaban J connectivity index is 1.41. The lowest BCUT2D eigenvalue weighted by Gasteiger charge is -2.46. The van der Waals surface area contributed by atoms with Crippen LogP contribution in [0.5, 0.6) is 11.5 Å². The van der Waals surface area contributed by atoms with E-state index in [2.05, 4.69) is 46.1 Å². The highest BCUT2D eigenvalue weighted by atomic mass is 32.1. The minimum atomic E-state index is 0.245. The summed E-state index contributed by atoms with van der Waals surface area (Å²) in [5.74, 6) is 1.85. The molecule has 1 aromatic carbocycles. The zero-order chi connectivity index (χ0) is 18.7. The number of nitrogens with zero attached hydrogens (tertiary/aromatic N) is 3. The third-order valence-electron chi connectivity index (χ3n) is 6.86. The predicted molar refractivity (Wildman–Crippen MR) is 109 cm³/mol. The third-order valence-corrected chi connectivity index (χ3v) is 7.63. The van der Waals surface area contributed by atoms with Gasteiger partial charge in [-0.3, -0.25) is 9.30 Å². The number of hydrogen-bond acceptors (Lipinski definition) is 5. The van der Waals surface area contributed by atoms with Crippen molar-refractivity contribution in [2.24, 2.45) is 0 Å². The van der Waals surface area contributed by atoms with Gasteiger partial charge in [-0.1, -0.05) is 12.8 Å². The number of ether oxygens (including phenoxy) is 2. The van der Waals surface area contributed by atoms with Crippen molar-refractivity contribution in [3.05, 3.63) is 46.7 Å². The van der Waals surface area contributed by atoms with Gasteiger partial charge in [0.1, 0.15) is 13.2 Å². The number of rotatable bonds is 2. The molecule has 3 aromatic rings. The van der Waals surface area contributed by atoms with Crippen LogP contribution in [0.15, 0.2) is 29.9 Å². The van der Waals surface area contributed by atoms with Gasteiger partial charge in [-0.15, -0.1) is 11.3 Å². The summed E-state index contributed by atoms with van der Waals surface area (Å²) in [7, 11) is 0. The lowest BCUT2D eigenvalue weighted by molar-refractivity contribution is 0.124. The predicted octanol–water partition coefficient (Wildman–Crippen LogP) is 4.56. The van der Waals surface area contributed by atoms with Crippen molar-refractivity contribution in [3.8, 4) is 11.5 Å². The molecule has 1 saturated carbocycles. The molecule has 0 radical (unpaired) electrons. The van der Waals surface area contributed by atoms with Crippen molar-refractivity contribution in [2.45, 2.75) is 50.6 Å². The first-order chi connectivity index (χ1) is 13.7. The number of aromatic nitrogens is 2. The molecule has 6 rings (SSSR count). The Labute approximate surface area is 168 Å². The first-order valence-electron chi connectivity index (χ1n) is 10.3. The van der Waals surface area contributed by atoms with Crippen LogP contribution in [0.1, 0.15) is 55.5 Å². The molecule has 0 saturated heterocycles. The average molecular weight is 396 g/mol. The molecule has 2 aromatic heterocycles. The van der Waals surface area contributed by atoms with E-state index >= 15 is 0 Å². The summed E-state index contributed by atoms with van der Waals surface area (Å²) in [5.41, 5.74) is 4.32. The van der Waals surface area contributed by atoms with Crippen LogP contribution in [-0.2, 0) is 12.0 Å². The summed E-state index contributed by atoms with van der Waals surface area (Å²) in [6, 6.07) is 4.90. The van der Waals surface area contributed by atoms with Gasteiger partial charge in [-0.2, -0.15) is 0 Å². The smallest absolute Gasteiger partial charge is 0.193 e. The Bertz CT molecular complexity index is 1010. The van der Waals surface area contributed by atoms with Gasteiger partial charge < -0.3 is 9.47 Å². The molecule has 6 heteroatoms. The van der Waals surface area contributed by atoms with Crippen molar-refractivity contribution < 1.29 is 9.47 Å². The van der Waals surface area contributed by atoms with E-state index in [1.807, 2.05) is 0 Å². The van der Waals surface area contributed by atoms with Gasteiger partial charge in [0, 0.05) is 42.3 Å². The summed E-state index contributed by atoms with van der Waals surface area (Å²) < 4.78 is 14.0. The van der Waals surface area contributed by atoms with Gasteiger partial charge >= 0.3 is 0 Å². The highest BCUT2D eigenvalue weighted by molar-refractivity contribution is 7.15. The monoisotopic (exact) mass is 395 g/mol. The van der Waals surface area contributed by atoms with E-state index in [0.29, 0.717) is 19.3 Å². The molecule has 3 aliphatic rings. The van der Waals surface area contributed by atoms with Crippen LogP contribution >= 0.6 is 11.3 Å². The SMILES string of the molecule is C[C@H]1c2cc3c(cc2C2(CCCC2)CN1Cc1cn2ccsc2n1)OCCO3. The first-order valence-corrected chi connectivity index (χ1v) is 11.2. The fraction of sp³-hybridized carbons (Fsp3) is 0.500. The molecule has 0 amide bonds. The summed E-state index contributed by atoms with van der Waals surface area (Å²) in [5, 5.41) is 2.09. The van der Waals surface area contributed by atoms with E-state index in [9.17, 15) is 0 Å². The summed E-state index contributed by atoms with van der Waals surface area (Å²) in [4.78, 5) is 8.54. The number of fused-ring (bicyclic) bond motifs is 4. The fourth-order valence-corrected chi connectivity index (χ4v) is 6.17. The van der Waals surface area contributed by atoms with Crippen molar-refractivity contribution >= 4 is 16.3 Å².